The van der Waals surface area contributed by atoms with Gasteiger partial charge in [-0.2, -0.15) is 10.2 Å². The fourth-order valence-electron chi connectivity index (χ4n) is 3.20. The van der Waals surface area contributed by atoms with Crippen LogP contribution >= 0.6 is 0 Å². The smallest absolute Gasteiger partial charge is 0.325 e. The average Bonchev–Trinajstić information content (AvgIpc) is 3.21. The van der Waals surface area contributed by atoms with Crippen molar-refractivity contribution in [2.45, 2.75) is 22.9 Å². The average molecular weight is 454 g/mol. The summed E-state index contributed by atoms with van der Waals surface area (Å²) >= 11 is 0. The fourth-order valence-corrected chi connectivity index (χ4v) is 4.50. The van der Waals surface area contributed by atoms with Crippen LogP contribution in [0.25, 0.3) is 10.8 Å². The lowest BCUT2D eigenvalue weighted by Crippen LogP contribution is -2.23. The lowest BCUT2D eigenvalue weighted by Gasteiger charge is -2.08. The number of carboxylic acid groups (broad SMARTS) is 1. The van der Waals surface area contributed by atoms with Crippen molar-refractivity contribution in [1.29, 1.82) is 0 Å². The molecule has 32 heavy (non-hydrogen) atoms. The third kappa shape index (κ3) is 4.10. The fraction of sp³-hybridized carbons (Fsp3) is 0.143. The summed E-state index contributed by atoms with van der Waals surface area (Å²) in [7, 11) is -2.29. The van der Waals surface area contributed by atoms with Crippen molar-refractivity contribution in [1.82, 2.24) is 19.6 Å². The minimum absolute atomic E-state index is 0.0431. The van der Waals surface area contributed by atoms with E-state index in [2.05, 4.69) is 10.2 Å². The molecule has 0 aliphatic carbocycles. The molecule has 2 heterocycles. The van der Waals surface area contributed by atoms with Gasteiger partial charge >= 0.3 is 5.97 Å². The second-order valence-electron chi connectivity index (χ2n) is 6.93. The van der Waals surface area contributed by atoms with Gasteiger partial charge in [0, 0.05) is 11.6 Å². The molecule has 0 spiro atoms. The first-order valence-corrected chi connectivity index (χ1v) is 10.9. The number of nitrogens with zero attached hydrogens (tertiary/aromatic N) is 4. The Morgan fingerprint density at radius 2 is 1.81 bits per heavy atom. The van der Waals surface area contributed by atoms with E-state index >= 15 is 0 Å². The standard InChI is InChI=1S/C21H18N4O6S/c1-31-16-2-4-17(5-3-16)32(29,30)18-6-7-19-14(10-18)11-22-25(21(19)28)12-15-8-9-24(23-15)13-20(26)27/h2-11H,12-13H2,1H3,(H,26,27). The molecule has 0 aliphatic heterocycles. The zero-order chi connectivity index (χ0) is 22.9. The van der Waals surface area contributed by atoms with Crippen molar-refractivity contribution < 1.29 is 23.1 Å². The van der Waals surface area contributed by atoms with Crippen LogP contribution in [0.15, 0.2) is 75.5 Å². The monoisotopic (exact) mass is 454 g/mol. The van der Waals surface area contributed by atoms with Crippen LogP contribution < -0.4 is 10.3 Å². The Morgan fingerprint density at radius 1 is 1.09 bits per heavy atom. The molecule has 10 nitrogen and oxygen atoms in total. The second-order valence-corrected chi connectivity index (χ2v) is 8.88. The predicted octanol–water partition coefficient (Wildman–Crippen LogP) is 1.57. The van der Waals surface area contributed by atoms with Crippen LogP contribution in [-0.2, 0) is 27.7 Å². The van der Waals surface area contributed by atoms with Gasteiger partial charge in [0.15, 0.2) is 0 Å². The quantitative estimate of drug-likeness (QED) is 0.445. The zero-order valence-corrected chi connectivity index (χ0v) is 17.7. The zero-order valence-electron chi connectivity index (χ0n) is 16.9. The van der Waals surface area contributed by atoms with E-state index in [-0.39, 0.29) is 22.9 Å². The third-order valence-electron chi connectivity index (χ3n) is 4.81. The molecular weight excluding hydrogens is 436 g/mol. The number of fused-ring (bicyclic) bond motifs is 1. The Morgan fingerprint density at radius 3 is 2.50 bits per heavy atom. The number of rotatable bonds is 7. The maximum Gasteiger partial charge on any atom is 0.325 e. The maximum absolute atomic E-state index is 13.0. The topological polar surface area (TPSA) is 133 Å². The van der Waals surface area contributed by atoms with E-state index in [0.29, 0.717) is 22.2 Å². The Kier molecular flexibility index (Phi) is 5.49. The number of hydrogen-bond acceptors (Lipinski definition) is 7. The summed E-state index contributed by atoms with van der Waals surface area (Å²) in [5.74, 6) is -0.485. The summed E-state index contributed by atoms with van der Waals surface area (Å²) < 4.78 is 33.4. The predicted molar refractivity (Wildman–Crippen MR) is 113 cm³/mol. The van der Waals surface area contributed by atoms with Crippen molar-refractivity contribution >= 4 is 26.6 Å². The summed E-state index contributed by atoms with van der Waals surface area (Å²) in [6.07, 6.45) is 2.92. The van der Waals surface area contributed by atoms with Gasteiger partial charge < -0.3 is 9.84 Å². The highest BCUT2D eigenvalue weighted by Crippen LogP contribution is 2.25. The minimum Gasteiger partial charge on any atom is -0.497 e. The van der Waals surface area contributed by atoms with E-state index in [1.165, 1.54) is 59.2 Å². The maximum atomic E-state index is 13.0. The largest absolute Gasteiger partial charge is 0.497 e. The molecule has 0 radical (unpaired) electrons. The van der Waals surface area contributed by atoms with Crippen molar-refractivity contribution in [3.63, 3.8) is 0 Å². The summed E-state index contributed by atoms with van der Waals surface area (Å²) in [5.41, 5.74) is 0.0579. The van der Waals surface area contributed by atoms with Gasteiger partial charge in [0.2, 0.25) is 9.84 Å². The first-order valence-electron chi connectivity index (χ1n) is 9.41. The molecule has 0 saturated carbocycles. The Bertz CT molecular complexity index is 1470. The van der Waals surface area contributed by atoms with E-state index in [4.69, 9.17) is 9.84 Å². The number of sulfone groups is 1. The van der Waals surface area contributed by atoms with E-state index in [9.17, 15) is 18.0 Å². The lowest BCUT2D eigenvalue weighted by atomic mass is 10.2. The van der Waals surface area contributed by atoms with E-state index < -0.39 is 21.4 Å². The van der Waals surface area contributed by atoms with Crippen LogP contribution in [0.4, 0.5) is 0 Å². The van der Waals surface area contributed by atoms with Gasteiger partial charge in [-0.25, -0.2) is 13.1 Å². The molecule has 2 aromatic carbocycles. The van der Waals surface area contributed by atoms with Gasteiger partial charge in [0.1, 0.15) is 12.3 Å². The molecule has 0 fully saturated rings. The van der Waals surface area contributed by atoms with E-state index in [0.717, 1.165) is 0 Å². The third-order valence-corrected chi connectivity index (χ3v) is 6.58. The molecule has 0 atom stereocenters. The normalized spacial score (nSPS) is 11.5. The number of benzene rings is 2. The van der Waals surface area contributed by atoms with Crippen molar-refractivity contribution in [3.05, 3.63) is 77.0 Å². The highest BCUT2D eigenvalue weighted by molar-refractivity contribution is 7.91. The van der Waals surface area contributed by atoms with Crippen LogP contribution in [0.5, 0.6) is 5.75 Å². The van der Waals surface area contributed by atoms with Crippen molar-refractivity contribution in [3.8, 4) is 5.75 Å². The first-order chi connectivity index (χ1) is 15.3. The highest BCUT2D eigenvalue weighted by atomic mass is 32.2. The lowest BCUT2D eigenvalue weighted by molar-refractivity contribution is -0.137. The second kappa shape index (κ2) is 8.27. The van der Waals surface area contributed by atoms with Gasteiger partial charge in [0.05, 0.1) is 40.7 Å². The van der Waals surface area contributed by atoms with E-state index in [1.807, 2.05) is 0 Å². The van der Waals surface area contributed by atoms with Crippen LogP contribution in [0.3, 0.4) is 0 Å². The van der Waals surface area contributed by atoms with Gasteiger partial charge in [-0.05, 0) is 48.5 Å². The summed E-state index contributed by atoms with van der Waals surface area (Å²) in [6, 6.07) is 11.9. The molecule has 0 saturated heterocycles. The Labute approximate surface area is 182 Å². The van der Waals surface area contributed by atoms with Crippen molar-refractivity contribution in [2.24, 2.45) is 0 Å². The van der Waals surface area contributed by atoms with Crippen LogP contribution in [0.1, 0.15) is 5.69 Å². The SMILES string of the molecule is COc1ccc(S(=O)(=O)c2ccc3c(=O)n(Cc4ccn(CC(=O)O)n4)ncc3c2)cc1. The molecule has 4 aromatic rings. The van der Waals surface area contributed by atoms with Crippen molar-refractivity contribution in [2.75, 3.05) is 7.11 Å². The highest BCUT2D eigenvalue weighted by Gasteiger charge is 2.19. The number of hydrogen-bond donors (Lipinski definition) is 1. The van der Waals surface area contributed by atoms with Gasteiger partial charge in [-0.15, -0.1) is 0 Å². The van der Waals surface area contributed by atoms with Gasteiger partial charge in [0.25, 0.3) is 5.56 Å². The summed E-state index contributed by atoms with van der Waals surface area (Å²) in [6.45, 7) is -0.237. The minimum atomic E-state index is -3.79. The molecule has 11 heteroatoms. The molecule has 1 N–H and O–H groups in total. The summed E-state index contributed by atoms with van der Waals surface area (Å²) in [5, 5.41) is 17.7. The number of methoxy groups -OCH3 is 1. The van der Waals surface area contributed by atoms with E-state index in [1.54, 1.807) is 18.2 Å². The molecule has 0 bridgehead atoms. The van der Waals surface area contributed by atoms with Gasteiger partial charge in [-0.1, -0.05) is 0 Å². The molecule has 0 unspecified atom stereocenters. The number of ether oxygens (including phenoxy) is 1. The number of carboxylic acids is 1. The molecule has 2 aromatic heterocycles. The molecular formula is C21H18N4O6S. The Balaban J connectivity index is 1.65. The van der Waals surface area contributed by atoms with Crippen LogP contribution in [0, 0.1) is 0 Å². The number of aromatic nitrogens is 4. The van der Waals surface area contributed by atoms with Gasteiger partial charge in [-0.3, -0.25) is 14.3 Å². The molecule has 164 valence electrons. The van der Waals surface area contributed by atoms with Crippen LogP contribution in [0.2, 0.25) is 0 Å². The molecule has 0 aliphatic rings. The Hall–Kier alpha value is -3.99. The molecule has 0 amide bonds. The van der Waals surface area contributed by atoms with Crippen LogP contribution in [-0.4, -0.2) is 46.2 Å². The number of aliphatic carboxylic acids is 1. The number of carbonyl (C=O) groups is 1. The molecule has 4 rings (SSSR count). The summed E-state index contributed by atoms with van der Waals surface area (Å²) in [4.78, 5) is 23.8. The first kappa shape index (κ1) is 21.2.